The van der Waals surface area contributed by atoms with Crippen LogP contribution in [-0.4, -0.2) is 19.9 Å². The van der Waals surface area contributed by atoms with Gasteiger partial charge >= 0.3 is 0 Å². The maximum absolute atomic E-state index is 5.34. The van der Waals surface area contributed by atoms with Crippen molar-refractivity contribution in [3.8, 4) is 56.4 Å². The second-order valence-corrected chi connectivity index (χ2v) is 14.2. The van der Waals surface area contributed by atoms with E-state index < -0.39 is 0 Å². The van der Waals surface area contributed by atoms with Crippen molar-refractivity contribution in [1.82, 2.24) is 19.9 Å². The highest BCUT2D eigenvalue weighted by atomic mass is 32.1. The summed E-state index contributed by atoms with van der Waals surface area (Å²) in [7, 11) is 0. The van der Waals surface area contributed by atoms with Gasteiger partial charge < -0.3 is 0 Å². The quantitative estimate of drug-likeness (QED) is 0.182. The second-order valence-electron chi connectivity index (χ2n) is 12.2. The summed E-state index contributed by atoms with van der Waals surface area (Å²) in [5.74, 6) is 1.39. The van der Waals surface area contributed by atoms with Crippen LogP contribution in [0.25, 0.3) is 97.0 Å². The predicted octanol–water partition coefficient (Wildman–Crippen LogP) is 12.3. The summed E-state index contributed by atoms with van der Waals surface area (Å²) in [6, 6.07) is 54.8. The van der Waals surface area contributed by atoms with Crippen molar-refractivity contribution in [2.45, 2.75) is 0 Å². The average molecular weight is 675 g/mol. The lowest BCUT2D eigenvalue weighted by Gasteiger charge is -2.15. The minimum atomic E-state index is 0.694. The zero-order chi connectivity index (χ0) is 33.0. The van der Waals surface area contributed by atoms with Crippen molar-refractivity contribution < 1.29 is 0 Å². The number of fused-ring (bicyclic) bond motifs is 6. The van der Waals surface area contributed by atoms with Crippen molar-refractivity contribution in [3.05, 3.63) is 158 Å². The van der Waals surface area contributed by atoms with Crippen LogP contribution in [0.2, 0.25) is 0 Å². The molecule has 6 aromatic carbocycles. The molecule has 0 aliphatic carbocycles. The summed E-state index contributed by atoms with van der Waals surface area (Å²) in [4.78, 5) is 23.1. The van der Waals surface area contributed by atoms with Crippen molar-refractivity contribution in [2.24, 2.45) is 0 Å². The minimum absolute atomic E-state index is 0.694. The third-order valence-electron chi connectivity index (χ3n) is 9.20. The summed E-state index contributed by atoms with van der Waals surface area (Å²) in [6.45, 7) is 0. The molecule has 6 heteroatoms. The topological polar surface area (TPSA) is 51.6 Å². The van der Waals surface area contributed by atoms with Gasteiger partial charge in [-0.25, -0.2) is 19.9 Å². The van der Waals surface area contributed by atoms with Gasteiger partial charge in [-0.15, -0.1) is 22.7 Å². The van der Waals surface area contributed by atoms with Gasteiger partial charge in [0, 0.05) is 53.2 Å². The van der Waals surface area contributed by atoms with E-state index in [9.17, 15) is 0 Å². The Morgan fingerprint density at radius 1 is 0.320 bits per heavy atom. The van der Waals surface area contributed by atoms with E-state index in [0.29, 0.717) is 11.6 Å². The van der Waals surface area contributed by atoms with E-state index in [1.165, 1.54) is 20.2 Å². The van der Waals surface area contributed by atoms with Crippen LogP contribution < -0.4 is 0 Å². The van der Waals surface area contributed by atoms with E-state index in [-0.39, 0.29) is 0 Å². The van der Waals surface area contributed by atoms with E-state index in [0.717, 1.165) is 65.2 Å². The van der Waals surface area contributed by atoms with Gasteiger partial charge in [-0.05, 0) is 23.3 Å². The largest absolute Gasteiger partial charge is 0.227 e. The van der Waals surface area contributed by atoms with Gasteiger partial charge in [-0.1, -0.05) is 146 Å². The Bertz CT molecular complexity index is 2680. The molecule has 234 valence electrons. The highest BCUT2D eigenvalue weighted by molar-refractivity contribution is 7.26. The molecule has 10 rings (SSSR count). The molecule has 4 heterocycles. The lowest BCUT2D eigenvalue weighted by atomic mass is 9.94. The summed E-state index contributed by atoms with van der Waals surface area (Å²) >= 11 is 3.43. The van der Waals surface area contributed by atoms with Crippen molar-refractivity contribution >= 4 is 63.3 Å². The molecule has 0 fully saturated rings. The molecular weight excluding hydrogens is 649 g/mol. The maximum atomic E-state index is 5.34. The summed E-state index contributed by atoms with van der Waals surface area (Å²) in [5.41, 5.74) is 8.01. The molecule has 0 radical (unpaired) electrons. The SMILES string of the molecule is c1ccc(-c2nc(-c3ccccc3-c3ccccc3-c3nc(-c4ccccc4)c4c(n3)sc3ccccc34)nc3sc4ccccc4c23)cc1. The number of aromatic nitrogens is 4. The van der Waals surface area contributed by atoms with Gasteiger partial charge in [0.1, 0.15) is 9.66 Å². The first-order chi connectivity index (χ1) is 24.8. The highest BCUT2D eigenvalue weighted by Gasteiger charge is 2.22. The Hall–Kier alpha value is -6.08. The number of rotatable bonds is 5. The first kappa shape index (κ1) is 28.9. The van der Waals surface area contributed by atoms with Crippen LogP contribution in [-0.2, 0) is 0 Å². The third-order valence-corrected chi connectivity index (χ3v) is 11.3. The lowest BCUT2D eigenvalue weighted by molar-refractivity contribution is 1.23. The molecule has 10 aromatic rings. The van der Waals surface area contributed by atoms with E-state index in [2.05, 4.69) is 146 Å². The fourth-order valence-corrected chi connectivity index (χ4v) is 9.07. The molecule has 0 aliphatic heterocycles. The van der Waals surface area contributed by atoms with Crippen molar-refractivity contribution in [2.75, 3.05) is 0 Å². The molecule has 0 bridgehead atoms. The molecule has 0 atom stereocenters. The molecule has 0 unspecified atom stereocenters. The van der Waals surface area contributed by atoms with Gasteiger partial charge in [0.2, 0.25) is 0 Å². The van der Waals surface area contributed by atoms with E-state index in [1.54, 1.807) is 22.7 Å². The van der Waals surface area contributed by atoms with Crippen LogP contribution in [0.15, 0.2) is 158 Å². The molecule has 0 N–H and O–H groups in total. The van der Waals surface area contributed by atoms with Crippen molar-refractivity contribution in [1.29, 1.82) is 0 Å². The summed E-state index contributed by atoms with van der Waals surface area (Å²) < 4.78 is 2.40. The average Bonchev–Trinajstić information content (AvgIpc) is 3.76. The number of hydrogen-bond donors (Lipinski definition) is 0. The van der Waals surface area contributed by atoms with Gasteiger partial charge in [0.05, 0.1) is 11.4 Å². The molecular formula is C44H26N4S2. The Morgan fingerprint density at radius 2 is 0.680 bits per heavy atom. The van der Waals surface area contributed by atoms with Gasteiger partial charge in [0.25, 0.3) is 0 Å². The van der Waals surface area contributed by atoms with Crippen molar-refractivity contribution in [3.63, 3.8) is 0 Å². The summed E-state index contributed by atoms with van der Waals surface area (Å²) in [5, 5.41) is 4.55. The highest BCUT2D eigenvalue weighted by Crippen LogP contribution is 2.44. The zero-order valence-electron chi connectivity index (χ0n) is 26.6. The number of thiophene rings is 2. The monoisotopic (exact) mass is 674 g/mol. The predicted molar refractivity (Wildman–Crippen MR) is 211 cm³/mol. The molecule has 0 spiro atoms. The van der Waals surface area contributed by atoms with E-state index in [4.69, 9.17) is 19.9 Å². The van der Waals surface area contributed by atoms with Crippen LogP contribution in [0.3, 0.4) is 0 Å². The van der Waals surface area contributed by atoms with Gasteiger partial charge in [-0.3, -0.25) is 0 Å². The van der Waals surface area contributed by atoms with E-state index in [1.807, 2.05) is 12.1 Å². The van der Waals surface area contributed by atoms with Crippen LogP contribution in [0.4, 0.5) is 0 Å². The molecule has 0 saturated heterocycles. The van der Waals surface area contributed by atoms with E-state index >= 15 is 0 Å². The molecule has 4 nitrogen and oxygen atoms in total. The lowest BCUT2D eigenvalue weighted by Crippen LogP contribution is -1.98. The Kier molecular flexibility index (Phi) is 6.82. The van der Waals surface area contributed by atoms with Crippen LogP contribution in [0, 0.1) is 0 Å². The first-order valence-corrected chi connectivity index (χ1v) is 18.1. The number of hydrogen-bond acceptors (Lipinski definition) is 6. The van der Waals surface area contributed by atoms with Crippen LogP contribution in [0.1, 0.15) is 0 Å². The third kappa shape index (κ3) is 4.72. The number of nitrogens with zero attached hydrogens (tertiary/aromatic N) is 4. The zero-order valence-corrected chi connectivity index (χ0v) is 28.2. The molecule has 0 saturated carbocycles. The number of benzene rings is 6. The normalized spacial score (nSPS) is 11.6. The van der Waals surface area contributed by atoms with Crippen LogP contribution >= 0.6 is 22.7 Å². The second kappa shape index (κ2) is 11.8. The molecule has 4 aromatic heterocycles. The van der Waals surface area contributed by atoms with Gasteiger partial charge in [0.15, 0.2) is 11.6 Å². The standard InChI is InChI=1S/C44H26N4S2/c1-3-15-27(16-4-1)39-37-33-23-11-13-25-35(33)49-43(37)47-41(45-39)31-21-9-7-19-29(31)30-20-8-10-22-32(30)42-46-40(28-17-5-2-6-18-28)38-34-24-12-14-26-36(34)50-44(38)48-42/h1-26H. The molecule has 0 amide bonds. The molecule has 50 heavy (non-hydrogen) atoms. The Morgan fingerprint density at radius 3 is 1.12 bits per heavy atom. The smallest absolute Gasteiger partial charge is 0.162 e. The summed E-state index contributed by atoms with van der Waals surface area (Å²) in [6.07, 6.45) is 0. The van der Waals surface area contributed by atoms with Gasteiger partial charge in [-0.2, -0.15) is 0 Å². The minimum Gasteiger partial charge on any atom is -0.227 e. The maximum Gasteiger partial charge on any atom is 0.162 e. The Labute approximate surface area is 296 Å². The Balaban J connectivity index is 1.21. The fraction of sp³-hybridized carbons (Fsp3) is 0. The molecule has 0 aliphatic rings. The van der Waals surface area contributed by atoms with Crippen LogP contribution in [0.5, 0.6) is 0 Å². The first-order valence-electron chi connectivity index (χ1n) is 16.5. The fourth-order valence-electron chi connectivity index (χ4n) is 6.92.